The van der Waals surface area contributed by atoms with E-state index in [0.717, 1.165) is 10.9 Å². The Morgan fingerprint density at radius 3 is 2.18 bits per heavy atom. The second-order valence-corrected chi connectivity index (χ2v) is 17.8. The molecule has 0 aliphatic carbocycles. The first-order chi connectivity index (χ1) is 35.0. The summed E-state index contributed by atoms with van der Waals surface area (Å²) in [4.78, 5) is 138. The van der Waals surface area contributed by atoms with E-state index in [2.05, 4.69) is 62.5 Å². The summed E-state index contributed by atoms with van der Waals surface area (Å²) in [6.07, 6.45) is 4.61. The Morgan fingerprint density at radius 1 is 0.808 bits per heavy atom. The van der Waals surface area contributed by atoms with Gasteiger partial charge in [-0.15, -0.1) is 0 Å². The number of hydrogen-bond donors (Lipinski definition) is 13. The van der Waals surface area contributed by atoms with Crippen molar-refractivity contribution in [2.24, 2.45) is 16.5 Å². The zero-order valence-electron chi connectivity index (χ0n) is 40.8. The molecule has 1 saturated heterocycles. The van der Waals surface area contributed by atoms with Crippen LogP contribution in [-0.2, 0) is 62.4 Å². The molecular formula is C49H66N14O10. The van der Waals surface area contributed by atoms with Crippen LogP contribution in [0.5, 0.6) is 0 Å². The predicted octanol–water partition coefficient (Wildman–Crippen LogP) is -1.04. The van der Waals surface area contributed by atoms with Crippen molar-refractivity contribution in [2.75, 3.05) is 13.1 Å². The number of aliphatic carboxylic acids is 1. The molecule has 4 aromatic rings. The second-order valence-electron chi connectivity index (χ2n) is 17.8. The van der Waals surface area contributed by atoms with Gasteiger partial charge in [0.05, 0.1) is 6.33 Å². The van der Waals surface area contributed by atoms with Gasteiger partial charge in [0.1, 0.15) is 42.3 Å². The van der Waals surface area contributed by atoms with Crippen LogP contribution >= 0.6 is 0 Å². The molecule has 73 heavy (non-hydrogen) atoms. The molecule has 24 nitrogen and oxygen atoms in total. The summed E-state index contributed by atoms with van der Waals surface area (Å²) in [5, 5.41) is 32.3. The van der Waals surface area contributed by atoms with E-state index < -0.39 is 95.5 Å². The lowest BCUT2D eigenvalue weighted by molar-refractivity contribution is -0.142. The van der Waals surface area contributed by atoms with Gasteiger partial charge in [-0.1, -0.05) is 68.3 Å². The number of para-hydroxylation sites is 1. The Balaban J connectivity index is 1.52. The van der Waals surface area contributed by atoms with Gasteiger partial charge in [-0.2, -0.15) is 0 Å². The first kappa shape index (κ1) is 55.6. The zero-order valence-corrected chi connectivity index (χ0v) is 40.8. The van der Waals surface area contributed by atoms with Gasteiger partial charge in [-0.05, 0) is 49.3 Å². The van der Waals surface area contributed by atoms with E-state index in [1.54, 1.807) is 48.7 Å². The quantitative estimate of drug-likeness (QED) is 0.0304. The van der Waals surface area contributed by atoms with Crippen LogP contribution in [0.4, 0.5) is 0 Å². The summed E-state index contributed by atoms with van der Waals surface area (Å²) in [6, 6.07) is 6.23. The summed E-state index contributed by atoms with van der Waals surface area (Å²) in [7, 11) is 0. The van der Waals surface area contributed by atoms with Crippen molar-refractivity contribution in [3.63, 3.8) is 0 Å². The second kappa shape index (κ2) is 27.9. The van der Waals surface area contributed by atoms with E-state index in [9.17, 15) is 48.3 Å². The Kier molecular flexibility index (Phi) is 21.3. The van der Waals surface area contributed by atoms with E-state index >= 15 is 0 Å². The number of nitrogens with one attached hydrogen (secondary N) is 10. The summed E-state index contributed by atoms with van der Waals surface area (Å²) in [5.74, 6) is -7.74. The lowest BCUT2D eigenvalue weighted by Crippen LogP contribution is -2.60. The Labute approximate surface area is 421 Å². The van der Waals surface area contributed by atoms with Crippen molar-refractivity contribution in [1.29, 1.82) is 0 Å². The summed E-state index contributed by atoms with van der Waals surface area (Å²) in [6.45, 7) is 2.93. The number of guanidine groups is 1. The summed E-state index contributed by atoms with van der Waals surface area (Å²) in [5.41, 5.74) is 13.5. The average Bonchev–Trinajstić information content (AvgIpc) is 4.03. The van der Waals surface area contributed by atoms with Gasteiger partial charge in [-0.25, -0.2) is 9.78 Å². The van der Waals surface area contributed by atoms with Crippen LogP contribution in [-0.4, -0.2) is 135 Å². The minimum absolute atomic E-state index is 0.0410. The van der Waals surface area contributed by atoms with Gasteiger partial charge in [0.15, 0.2) is 5.96 Å². The lowest BCUT2D eigenvalue weighted by atomic mass is 10.0. The van der Waals surface area contributed by atoms with Crippen LogP contribution in [0.25, 0.3) is 10.9 Å². The maximum Gasteiger partial charge on any atom is 0.326 e. The molecule has 7 unspecified atom stereocenters. The molecule has 0 bridgehead atoms. The highest BCUT2D eigenvalue weighted by Gasteiger charge is 2.35. The zero-order chi connectivity index (χ0) is 52.9. The minimum atomic E-state index is -1.49. The first-order valence-corrected chi connectivity index (χ1v) is 24.2. The molecule has 1 fully saturated rings. The number of fused-ring (bicyclic) bond motifs is 1. The van der Waals surface area contributed by atoms with Crippen LogP contribution in [0.2, 0.25) is 0 Å². The summed E-state index contributed by atoms with van der Waals surface area (Å²) < 4.78 is 0. The van der Waals surface area contributed by atoms with Crippen molar-refractivity contribution in [3.05, 3.63) is 90.1 Å². The van der Waals surface area contributed by atoms with Crippen molar-refractivity contribution >= 4 is 70.1 Å². The third-order valence-electron chi connectivity index (χ3n) is 12.0. The van der Waals surface area contributed by atoms with E-state index in [0.29, 0.717) is 29.7 Å². The Bertz CT molecular complexity index is 2560. The molecule has 1 aliphatic heterocycles. The number of amides is 8. The number of carbonyl (C=O) groups excluding carboxylic acids is 8. The molecule has 392 valence electrons. The van der Waals surface area contributed by atoms with Gasteiger partial charge in [0, 0.05) is 74.7 Å². The maximum atomic E-state index is 14.5. The molecular weight excluding hydrogens is 945 g/mol. The predicted molar refractivity (Wildman–Crippen MR) is 268 cm³/mol. The topological polar surface area (TPSA) is 379 Å². The number of benzene rings is 2. The molecule has 1 aliphatic rings. The highest BCUT2D eigenvalue weighted by molar-refractivity contribution is 5.98. The highest BCUT2D eigenvalue weighted by atomic mass is 16.4. The number of aromatic nitrogens is 3. The highest BCUT2D eigenvalue weighted by Crippen LogP contribution is 2.20. The fraction of sp³-hybridized carbons (Fsp3) is 0.449. The third-order valence-corrected chi connectivity index (χ3v) is 12.0. The maximum absolute atomic E-state index is 14.5. The van der Waals surface area contributed by atoms with Crippen LogP contribution in [0.3, 0.4) is 0 Å². The fourth-order valence-electron chi connectivity index (χ4n) is 8.19. The SMILES string of the molecule is CCCCC(NC(C)=O)C(=O)NC1CCC(=O)NCCC(C(=O)NC(Cc2c[nH]c3ccccc23)C(=O)O)NC(=O)C(CCCN=C(N)N)NC(=O)C(Cc2ccccc2)NC(=O)C(Cc2cnc[nH]2)NC1=O. The van der Waals surface area contributed by atoms with Crippen LogP contribution in [0.15, 0.2) is 78.3 Å². The van der Waals surface area contributed by atoms with Crippen molar-refractivity contribution in [1.82, 2.24) is 57.5 Å². The number of nitrogens with two attached hydrogens (primary N) is 2. The van der Waals surface area contributed by atoms with Gasteiger partial charge < -0.3 is 69.1 Å². The molecule has 3 heterocycles. The van der Waals surface area contributed by atoms with E-state index in [1.165, 1.54) is 19.4 Å². The molecule has 2 aromatic heterocycles. The molecule has 0 spiro atoms. The normalized spacial score (nSPS) is 20.2. The number of imidazole rings is 1. The minimum Gasteiger partial charge on any atom is -0.480 e. The van der Waals surface area contributed by atoms with E-state index in [4.69, 9.17) is 11.5 Å². The van der Waals surface area contributed by atoms with Gasteiger partial charge >= 0.3 is 5.97 Å². The first-order valence-electron chi connectivity index (χ1n) is 24.2. The van der Waals surface area contributed by atoms with Crippen LogP contribution < -0.4 is 54.0 Å². The molecule has 2 aromatic carbocycles. The van der Waals surface area contributed by atoms with Crippen LogP contribution in [0.1, 0.15) is 82.0 Å². The number of aromatic amines is 2. The number of rotatable bonds is 19. The van der Waals surface area contributed by atoms with Crippen LogP contribution in [0, 0.1) is 0 Å². The van der Waals surface area contributed by atoms with Gasteiger partial charge in [-0.3, -0.25) is 43.3 Å². The number of hydrogen-bond acceptors (Lipinski definition) is 11. The Hall–Kier alpha value is -8.31. The van der Waals surface area contributed by atoms with Gasteiger partial charge in [0.25, 0.3) is 0 Å². The molecule has 24 heteroatoms. The van der Waals surface area contributed by atoms with Crippen molar-refractivity contribution in [2.45, 2.75) is 127 Å². The average molecular weight is 1010 g/mol. The molecule has 15 N–H and O–H groups in total. The number of carbonyl (C=O) groups is 9. The molecule has 8 amide bonds. The molecule has 5 rings (SSSR count). The smallest absolute Gasteiger partial charge is 0.326 e. The lowest BCUT2D eigenvalue weighted by Gasteiger charge is -2.27. The Morgan fingerprint density at radius 2 is 1.49 bits per heavy atom. The molecule has 7 atom stereocenters. The number of carboxylic acids is 1. The van der Waals surface area contributed by atoms with Gasteiger partial charge in [0.2, 0.25) is 47.3 Å². The summed E-state index contributed by atoms with van der Waals surface area (Å²) >= 11 is 0. The number of nitrogens with zero attached hydrogens (tertiary/aromatic N) is 2. The monoisotopic (exact) mass is 1010 g/mol. The largest absolute Gasteiger partial charge is 0.480 e. The van der Waals surface area contributed by atoms with Crippen molar-refractivity contribution < 1.29 is 48.3 Å². The van der Waals surface area contributed by atoms with E-state index in [-0.39, 0.29) is 76.8 Å². The number of aliphatic imine (C=N–C) groups is 1. The van der Waals surface area contributed by atoms with E-state index in [1.807, 2.05) is 19.1 Å². The molecule has 0 saturated carbocycles. The standard InChI is InChI=1S/C49H66N14O10/c1-3-4-14-34(57-28(2)64)42(66)59-36-17-18-41(65)53-21-19-37(45(69)63-40(48(72)73)23-30-25-55-33-15-9-8-13-32(30)33)60-43(67)35(16-10-20-54-49(50)51)58-46(70)38(22-29-11-6-5-7-12-29)61-47(71)39(62-44(36)68)24-31-26-52-27-56-31/h5-9,11-13,15,25-27,34-40,55H,3-4,10,14,16-24H2,1-2H3,(H,52,56)(H,53,65)(H,57,64)(H,58,70)(H,59,66)(H,60,67)(H,61,71)(H,62,68)(H,63,69)(H,72,73)(H4,50,51,54). The number of H-pyrrole nitrogens is 2. The fourth-order valence-corrected chi connectivity index (χ4v) is 8.19. The third kappa shape index (κ3) is 17.8. The molecule has 0 radical (unpaired) electrons. The number of unbranched alkanes of at least 4 members (excludes halogenated alkanes) is 1. The van der Waals surface area contributed by atoms with Crippen molar-refractivity contribution in [3.8, 4) is 0 Å². The number of carboxylic acid groups (broad SMARTS) is 1.